The van der Waals surface area contributed by atoms with Gasteiger partial charge in [-0.2, -0.15) is 0 Å². The highest BCUT2D eigenvalue weighted by atomic mass is 16.5. The van der Waals surface area contributed by atoms with Crippen LogP contribution in [0.5, 0.6) is 5.75 Å². The Balaban J connectivity index is 2.33. The maximum Gasteiger partial charge on any atom is 0.171 e. The predicted molar refractivity (Wildman–Crippen MR) is 67.5 cm³/mol. The van der Waals surface area contributed by atoms with Crippen LogP contribution >= 0.6 is 0 Å². The number of benzene rings is 1. The summed E-state index contributed by atoms with van der Waals surface area (Å²) in [5, 5.41) is 7.51. The normalized spacial score (nSPS) is 10.2. The second kappa shape index (κ2) is 5.43. The van der Waals surface area contributed by atoms with Gasteiger partial charge in [0.1, 0.15) is 11.4 Å². The molecule has 1 heterocycles. The summed E-state index contributed by atoms with van der Waals surface area (Å²) in [6.07, 6.45) is 2.17. The molecule has 0 N–H and O–H groups in total. The third kappa shape index (κ3) is 2.85. The number of carbonyl (C=O) groups is 2. The maximum atomic E-state index is 11.4. The first-order valence-electron chi connectivity index (χ1n) is 5.67. The van der Waals surface area contributed by atoms with Gasteiger partial charge in [0.2, 0.25) is 0 Å². The molecule has 1 aromatic heterocycles. The summed E-state index contributed by atoms with van der Waals surface area (Å²) in [5.74, 6) is 0.643. The largest absolute Gasteiger partial charge is 0.496 e. The first kappa shape index (κ1) is 12.9. The first-order chi connectivity index (χ1) is 9.13. The van der Waals surface area contributed by atoms with E-state index in [9.17, 15) is 9.59 Å². The van der Waals surface area contributed by atoms with Crippen LogP contribution in [0.2, 0.25) is 0 Å². The smallest absolute Gasteiger partial charge is 0.171 e. The van der Waals surface area contributed by atoms with Crippen molar-refractivity contribution in [3.63, 3.8) is 0 Å². The first-order valence-corrected chi connectivity index (χ1v) is 5.67. The van der Waals surface area contributed by atoms with Gasteiger partial charge >= 0.3 is 0 Å². The SMILES string of the molecule is COc1ccc(C(C)=O)cc1Cn1cc(C=O)nn1. The molecule has 2 rings (SSSR count). The minimum atomic E-state index is -0.0175. The van der Waals surface area contributed by atoms with E-state index in [1.165, 1.54) is 17.8 Å². The number of methoxy groups -OCH3 is 1. The number of hydrogen-bond donors (Lipinski definition) is 0. The van der Waals surface area contributed by atoms with Crippen molar-refractivity contribution in [2.45, 2.75) is 13.5 Å². The fourth-order valence-electron chi connectivity index (χ4n) is 1.74. The van der Waals surface area contributed by atoms with Gasteiger partial charge in [-0.3, -0.25) is 9.59 Å². The van der Waals surface area contributed by atoms with Gasteiger partial charge in [-0.15, -0.1) is 5.10 Å². The van der Waals surface area contributed by atoms with Crippen molar-refractivity contribution in [2.24, 2.45) is 0 Å². The minimum absolute atomic E-state index is 0.0175. The number of rotatable bonds is 5. The van der Waals surface area contributed by atoms with Crippen LogP contribution in [0.25, 0.3) is 0 Å². The Morgan fingerprint density at radius 2 is 2.26 bits per heavy atom. The Hall–Kier alpha value is -2.50. The molecule has 0 radical (unpaired) electrons. The summed E-state index contributed by atoms with van der Waals surface area (Å²) in [5.41, 5.74) is 1.67. The van der Waals surface area contributed by atoms with Gasteiger partial charge in [0, 0.05) is 11.1 Å². The average molecular weight is 259 g/mol. The average Bonchev–Trinajstić information content (AvgIpc) is 2.86. The standard InChI is InChI=1S/C13H13N3O3/c1-9(18)10-3-4-13(19-2)11(5-10)6-16-7-12(8-17)14-15-16/h3-5,7-8H,6H2,1-2H3. The fourth-order valence-corrected chi connectivity index (χ4v) is 1.74. The molecular formula is C13H13N3O3. The molecule has 0 saturated heterocycles. The number of aldehydes is 1. The zero-order valence-electron chi connectivity index (χ0n) is 10.7. The maximum absolute atomic E-state index is 11.4. The zero-order valence-corrected chi connectivity index (χ0v) is 10.7. The molecule has 0 aliphatic rings. The van der Waals surface area contributed by atoms with Crippen molar-refractivity contribution in [3.05, 3.63) is 41.2 Å². The Morgan fingerprint density at radius 3 is 2.84 bits per heavy atom. The van der Waals surface area contributed by atoms with Crippen molar-refractivity contribution in [3.8, 4) is 5.75 Å². The number of Topliss-reactive ketones (excluding diaryl/α,β-unsaturated/α-hetero) is 1. The van der Waals surface area contributed by atoms with Gasteiger partial charge in [0.05, 0.1) is 19.9 Å². The molecular weight excluding hydrogens is 246 g/mol. The summed E-state index contributed by atoms with van der Waals surface area (Å²) in [6, 6.07) is 5.20. The van der Waals surface area contributed by atoms with Crippen LogP contribution in [0.1, 0.15) is 33.3 Å². The number of hydrogen-bond acceptors (Lipinski definition) is 5. The topological polar surface area (TPSA) is 74.1 Å². The quantitative estimate of drug-likeness (QED) is 0.598. The highest BCUT2D eigenvalue weighted by Crippen LogP contribution is 2.21. The third-order valence-corrected chi connectivity index (χ3v) is 2.70. The molecule has 0 saturated carbocycles. The van der Waals surface area contributed by atoms with Crippen molar-refractivity contribution < 1.29 is 14.3 Å². The molecule has 0 spiro atoms. The van der Waals surface area contributed by atoms with Crippen molar-refractivity contribution in [1.82, 2.24) is 15.0 Å². The molecule has 0 amide bonds. The summed E-state index contributed by atoms with van der Waals surface area (Å²) in [7, 11) is 1.56. The van der Waals surface area contributed by atoms with E-state index in [1.807, 2.05) is 0 Å². The third-order valence-electron chi connectivity index (χ3n) is 2.70. The Kier molecular flexibility index (Phi) is 3.70. The lowest BCUT2D eigenvalue weighted by Crippen LogP contribution is -2.04. The van der Waals surface area contributed by atoms with Gasteiger partial charge in [0.25, 0.3) is 0 Å². The second-order valence-corrected chi connectivity index (χ2v) is 4.04. The van der Waals surface area contributed by atoms with E-state index in [2.05, 4.69) is 10.3 Å². The summed E-state index contributed by atoms with van der Waals surface area (Å²) < 4.78 is 6.76. The number of ketones is 1. The number of aromatic nitrogens is 3. The molecule has 6 nitrogen and oxygen atoms in total. The van der Waals surface area contributed by atoms with E-state index in [4.69, 9.17) is 4.74 Å². The molecule has 0 unspecified atom stereocenters. The van der Waals surface area contributed by atoms with Crippen LogP contribution in [0, 0.1) is 0 Å². The molecule has 2 aromatic rings. The minimum Gasteiger partial charge on any atom is -0.496 e. The van der Waals surface area contributed by atoms with Crippen LogP contribution in [0.4, 0.5) is 0 Å². The lowest BCUT2D eigenvalue weighted by molar-refractivity contribution is 0.101. The highest BCUT2D eigenvalue weighted by Gasteiger charge is 2.09. The monoisotopic (exact) mass is 259 g/mol. The van der Waals surface area contributed by atoms with Crippen molar-refractivity contribution in [2.75, 3.05) is 7.11 Å². The van der Waals surface area contributed by atoms with Crippen LogP contribution in [-0.2, 0) is 6.54 Å². The summed E-state index contributed by atoms with van der Waals surface area (Å²) >= 11 is 0. The van der Waals surface area contributed by atoms with E-state index in [0.29, 0.717) is 24.1 Å². The fraction of sp³-hybridized carbons (Fsp3) is 0.231. The molecule has 0 fully saturated rings. The second-order valence-electron chi connectivity index (χ2n) is 4.04. The summed E-state index contributed by atoms with van der Waals surface area (Å²) in [4.78, 5) is 21.9. The lowest BCUT2D eigenvalue weighted by Gasteiger charge is -2.09. The molecule has 0 aliphatic carbocycles. The molecule has 0 bridgehead atoms. The van der Waals surface area contributed by atoms with Crippen LogP contribution < -0.4 is 4.74 Å². The van der Waals surface area contributed by atoms with E-state index < -0.39 is 0 Å². The van der Waals surface area contributed by atoms with E-state index in [1.54, 1.807) is 25.3 Å². The van der Waals surface area contributed by atoms with Gasteiger partial charge in [-0.1, -0.05) is 5.21 Å². The van der Waals surface area contributed by atoms with E-state index in [0.717, 1.165) is 5.56 Å². The molecule has 98 valence electrons. The van der Waals surface area contributed by atoms with Crippen LogP contribution in [0.15, 0.2) is 24.4 Å². The van der Waals surface area contributed by atoms with E-state index >= 15 is 0 Å². The molecule has 0 aliphatic heterocycles. The van der Waals surface area contributed by atoms with Gasteiger partial charge in [-0.05, 0) is 25.1 Å². The number of carbonyl (C=O) groups excluding carboxylic acids is 2. The van der Waals surface area contributed by atoms with Crippen LogP contribution in [0.3, 0.4) is 0 Å². The predicted octanol–water partition coefficient (Wildman–Crippen LogP) is 1.35. The number of ether oxygens (including phenoxy) is 1. The molecule has 6 heteroatoms. The Morgan fingerprint density at radius 1 is 1.47 bits per heavy atom. The number of nitrogens with zero attached hydrogens (tertiary/aromatic N) is 3. The van der Waals surface area contributed by atoms with E-state index in [-0.39, 0.29) is 11.5 Å². The van der Waals surface area contributed by atoms with Crippen LogP contribution in [-0.4, -0.2) is 34.2 Å². The van der Waals surface area contributed by atoms with Crippen molar-refractivity contribution >= 4 is 12.1 Å². The zero-order chi connectivity index (χ0) is 13.8. The lowest BCUT2D eigenvalue weighted by atomic mass is 10.1. The van der Waals surface area contributed by atoms with Crippen molar-refractivity contribution in [1.29, 1.82) is 0 Å². The van der Waals surface area contributed by atoms with Gasteiger partial charge < -0.3 is 4.74 Å². The Labute approximate surface area is 110 Å². The molecule has 0 atom stereocenters. The van der Waals surface area contributed by atoms with Gasteiger partial charge in [-0.25, -0.2) is 4.68 Å². The van der Waals surface area contributed by atoms with Gasteiger partial charge in [0.15, 0.2) is 12.1 Å². The molecule has 19 heavy (non-hydrogen) atoms. The summed E-state index contributed by atoms with van der Waals surface area (Å²) in [6.45, 7) is 1.89. The Bertz CT molecular complexity index is 619. The highest BCUT2D eigenvalue weighted by molar-refractivity contribution is 5.94. The molecule has 1 aromatic carbocycles.